The molecule has 0 aliphatic heterocycles. The van der Waals surface area contributed by atoms with Gasteiger partial charge in [-0.3, -0.25) is 4.57 Å². The van der Waals surface area contributed by atoms with Gasteiger partial charge in [-0.05, 0) is 81.9 Å². The minimum Gasteiger partial charge on any atom is -0.309 e. The molecule has 0 saturated heterocycles. The standard InChI is InChI=1S/C54H37N5/c1-54(2)44-26-14-12-23-39(44)41-32-43-42-31-36(38-25-16-28-48-50(38)40-24-13-15-27-46(40)58(48)37-21-10-5-11-22-37)29-30-47(42)59(49(43)33-45(41)54)53-56-51(34-17-6-3-7-18-34)55-52(57-53)35-19-8-4-9-20-35/h3-33H,1-2H3. The third kappa shape index (κ3) is 5.01. The highest BCUT2D eigenvalue weighted by atomic mass is 15.2. The van der Waals surface area contributed by atoms with Crippen molar-refractivity contribution in [3.05, 3.63) is 199 Å². The molecule has 1 aliphatic carbocycles. The quantitative estimate of drug-likeness (QED) is 0.176. The third-order valence-corrected chi connectivity index (χ3v) is 12.4. The number of benzene rings is 8. The van der Waals surface area contributed by atoms with E-state index in [9.17, 15) is 0 Å². The van der Waals surface area contributed by atoms with Crippen molar-refractivity contribution in [2.75, 3.05) is 0 Å². The topological polar surface area (TPSA) is 48.5 Å². The summed E-state index contributed by atoms with van der Waals surface area (Å²) in [5, 5.41) is 4.78. The lowest BCUT2D eigenvalue weighted by molar-refractivity contribution is 0.661. The Labute approximate surface area is 341 Å². The molecule has 5 nitrogen and oxygen atoms in total. The average molecular weight is 756 g/mol. The first-order chi connectivity index (χ1) is 29.0. The minimum atomic E-state index is -0.182. The molecule has 59 heavy (non-hydrogen) atoms. The molecular weight excluding hydrogens is 719 g/mol. The first-order valence-corrected chi connectivity index (χ1v) is 20.2. The van der Waals surface area contributed by atoms with Crippen molar-refractivity contribution in [3.8, 4) is 56.7 Å². The van der Waals surface area contributed by atoms with Gasteiger partial charge in [0.15, 0.2) is 11.6 Å². The summed E-state index contributed by atoms with van der Waals surface area (Å²) in [6.45, 7) is 4.68. The van der Waals surface area contributed by atoms with Gasteiger partial charge in [-0.2, -0.15) is 9.97 Å². The van der Waals surface area contributed by atoms with Crippen LogP contribution >= 0.6 is 0 Å². The Morgan fingerprint density at radius 1 is 0.373 bits per heavy atom. The fourth-order valence-corrected chi connectivity index (χ4v) is 9.61. The summed E-state index contributed by atoms with van der Waals surface area (Å²) >= 11 is 0. The van der Waals surface area contributed by atoms with Crippen LogP contribution in [0.2, 0.25) is 0 Å². The molecule has 278 valence electrons. The first-order valence-electron chi connectivity index (χ1n) is 20.2. The zero-order valence-corrected chi connectivity index (χ0v) is 32.6. The fraction of sp³-hybridized carbons (Fsp3) is 0.0556. The van der Waals surface area contributed by atoms with Crippen molar-refractivity contribution in [3.63, 3.8) is 0 Å². The van der Waals surface area contributed by atoms with Crippen LogP contribution in [0.4, 0.5) is 0 Å². The smallest absolute Gasteiger partial charge is 0.238 e. The number of fused-ring (bicyclic) bond motifs is 9. The zero-order valence-electron chi connectivity index (χ0n) is 32.6. The molecule has 3 aromatic heterocycles. The second-order valence-corrected chi connectivity index (χ2v) is 16.1. The van der Waals surface area contributed by atoms with E-state index in [-0.39, 0.29) is 5.41 Å². The predicted octanol–water partition coefficient (Wildman–Crippen LogP) is 13.4. The molecule has 0 amide bonds. The molecule has 1 aliphatic rings. The molecule has 11 aromatic rings. The highest BCUT2D eigenvalue weighted by Gasteiger charge is 2.36. The van der Waals surface area contributed by atoms with Crippen molar-refractivity contribution in [1.82, 2.24) is 24.1 Å². The minimum absolute atomic E-state index is 0.182. The Balaban J connectivity index is 1.16. The molecule has 0 bridgehead atoms. The maximum Gasteiger partial charge on any atom is 0.238 e. The summed E-state index contributed by atoms with van der Waals surface area (Å²) < 4.78 is 4.65. The van der Waals surface area contributed by atoms with Crippen molar-refractivity contribution >= 4 is 43.6 Å². The van der Waals surface area contributed by atoms with Crippen LogP contribution in [0.3, 0.4) is 0 Å². The largest absolute Gasteiger partial charge is 0.309 e. The lowest BCUT2D eigenvalue weighted by Gasteiger charge is -2.21. The third-order valence-electron chi connectivity index (χ3n) is 12.4. The monoisotopic (exact) mass is 755 g/mol. The molecule has 0 atom stereocenters. The summed E-state index contributed by atoms with van der Waals surface area (Å²) in [6, 6.07) is 67.1. The summed E-state index contributed by atoms with van der Waals surface area (Å²) in [5.74, 6) is 1.86. The van der Waals surface area contributed by atoms with Crippen LogP contribution in [0.25, 0.3) is 100 Å². The van der Waals surface area contributed by atoms with Crippen molar-refractivity contribution in [2.24, 2.45) is 0 Å². The normalized spacial score (nSPS) is 13.1. The van der Waals surface area contributed by atoms with Gasteiger partial charge < -0.3 is 4.57 Å². The van der Waals surface area contributed by atoms with Crippen molar-refractivity contribution in [1.29, 1.82) is 0 Å². The number of aromatic nitrogens is 5. The first kappa shape index (κ1) is 33.5. The van der Waals surface area contributed by atoms with E-state index in [0.717, 1.165) is 44.2 Å². The molecule has 0 radical (unpaired) electrons. The second-order valence-electron chi connectivity index (χ2n) is 16.1. The molecule has 0 unspecified atom stereocenters. The van der Waals surface area contributed by atoms with E-state index in [0.29, 0.717) is 17.6 Å². The molecule has 0 fully saturated rings. The Hall–Kier alpha value is -7.63. The average Bonchev–Trinajstić information content (AvgIpc) is 3.89. The molecule has 0 spiro atoms. The number of hydrogen-bond donors (Lipinski definition) is 0. The molecule has 0 N–H and O–H groups in total. The van der Waals surface area contributed by atoms with Gasteiger partial charge >= 0.3 is 0 Å². The van der Waals surface area contributed by atoms with E-state index in [1.165, 1.54) is 49.6 Å². The lowest BCUT2D eigenvalue weighted by atomic mass is 9.82. The summed E-state index contributed by atoms with van der Waals surface area (Å²) in [6.07, 6.45) is 0. The van der Waals surface area contributed by atoms with Crippen LogP contribution in [0.1, 0.15) is 25.0 Å². The predicted molar refractivity (Wildman–Crippen MR) is 242 cm³/mol. The second kappa shape index (κ2) is 12.7. The maximum absolute atomic E-state index is 5.27. The molecular formula is C54H37N5. The van der Waals surface area contributed by atoms with Crippen molar-refractivity contribution < 1.29 is 0 Å². The Morgan fingerprint density at radius 3 is 1.71 bits per heavy atom. The molecule has 12 rings (SSSR count). The van der Waals surface area contributed by atoms with Gasteiger partial charge in [0.1, 0.15) is 0 Å². The molecule has 8 aromatic carbocycles. The van der Waals surface area contributed by atoms with Crippen LogP contribution < -0.4 is 0 Å². The summed E-state index contributed by atoms with van der Waals surface area (Å²) in [5.41, 5.74) is 14.9. The highest BCUT2D eigenvalue weighted by molar-refractivity contribution is 6.18. The van der Waals surface area contributed by atoms with Crippen LogP contribution in [0.5, 0.6) is 0 Å². The van der Waals surface area contributed by atoms with Gasteiger partial charge in [0.2, 0.25) is 5.95 Å². The van der Waals surface area contributed by atoms with Crippen LogP contribution in [0, 0.1) is 0 Å². The van der Waals surface area contributed by atoms with E-state index in [2.05, 4.69) is 175 Å². The SMILES string of the molecule is CC1(C)c2ccccc2-c2cc3c4cc(-c5cccc6c5c5ccccc5n6-c5ccccc5)ccc4n(-c4nc(-c5ccccc5)nc(-c5ccccc5)n4)c3cc21. The van der Waals surface area contributed by atoms with Crippen LogP contribution in [0.15, 0.2) is 188 Å². The van der Waals surface area contributed by atoms with E-state index in [4.69, 9.17) is 15.0 Å². The van der Waals surface area contributed by atoms with E-state index < -0.39 is 0 Å². The number of rotatable bonds is 5. The van der Waals surface area contributed by atoms with E-state index >= 15 is 0 Å². The Kier molecular flexibility index (Phi) is 7.20. The van der Waals surface area contributed by atoms with Crippen LogP contribution in [-0.2, 0) is 5.41 Å². The molecule has 5 heteroatoms. The summed E-state index contributed by atoms with van der Waals surface area (Å²) in [4.78, 5) is 15.6. The Bertz CT molecular complexity index is 3390. The fourth-order valence-electron chi connectivity index (χ4n) is 9.61. The Morgan fingerprint density at radius 2 is 0.966 bits per heavy atom. The highest BCUT2D eigenvalue weighted by Crippen LogP contribution is 2.51. The van der Waals surface area contributed by atoms with Gasteiger partial charge in [0, 0.05) is 43.8 Å². The number of hydrogen-bond acceptors (Lipinski definition) is 3. The van der Waals surface area contributed by atoms with Gasteiger partial charge in [-0.1, -0.05) is 153 Å². The van der Waals surface area contributed by atoms with Gasteiger partial charge in [-0.15, -0.1) is 0 Å². The molecule has 0 saturated carbocycles. The van der Waals surface area contributed by atoms with Gasteiger partial charge in [-0.25, -0.2) is 4.98 Å². The number of para-hydroxylation sites is 2. The maximum atomic E-state index is 5.27. The number of nitrogens with zero attached hydrogens (tertiary/aromatic N) is 5. The van der Waals surface area contributed by atoms with Gasteiger partial charge in [0.25, 0.3) is 0 Å². The van der Waals surface area contributed by atoms with Crippen molar-refractivity contribution in [2.45, 2.75) is 19.3 Å². The summed E-state index contributed by atoms with van der Waals surface area (Å²) in [7, 11) is 0. The van der Waals surface area contributed by atoms with E-state index in [1.807, 2.05) is 36.4 Å². The van der Waals surface area contributed by atoms with Gasteiger partial charge in [0.05, 0.1) is 22.1 Å². The zero-order chi connectivity index (χ0) is 39.2. The van der Waals surface area contributed by atoms with E-state index in [1.54, 1.807) is 0 Å². The lowest BCUT2D eigenvalue weighted by Crippen LogP contribution is -2.15. The van der Waals surface area contributed by atoms with Crippen LogP contribution in [-0.4, -0.2) is 24.1 Å². The molecule has 3 heterocycles.